The fraction of sp³-hybridized carbons (Fsp3) is 0.353. The normalized spacial score (nSPS) is 17.3. The Bertz CT molecular complexity index is 893. The molecule has 0 unspecified atom stereocenters. The number of halogens is 2. The van der Waals surface area contributed by atoms with Gasteiger partial charge in [-0.05, 0) is 36.6 Å². The molecule has 1 aromatic heterocycles. The van der Waals surface area contributed by atoms with Crippen LogP contribution in [0.2, 0.25) is 0 Å². The monoisotopic (exact) mass is 454 g/mol. The predicted molar refractivity (Wildman–Crippen MR) is 99.6 cm³/mol. The molecular weight excluding hydrogens is 438 g/mol. The van der Waals surface area contributed by atoms with Crippen molar-refractivity contribution in [3.8, 4) is 11.8 Å². The van der Waals surface area contributed by atoms with Crippen molar-refractivity contribution in [2.75, 3.05) is 18.0 Å². The zero-order valence-corrected chi connectivity index (χ0v) is 15.5. The Morgan fingerprint density at radius 3 is 3.00 bits per heavy atom. The number of hydrogen-bond donors (Lipinski definition) is 1. The van der Waals surface area contributed by atoms with Crippen molar-refractivity contribution in [1.82, 2.24) is 9.55 Å². The van der Waals surface area contributed by atoms with Gasteiger partial charge in [-0.2, -0.15) is 5.26 Å². The molecule has 1 saturated heterocycles. The first-order valence-corrected chi connectivity index (χ1v) is 9.10. The average Bonchev–Trinajstić information content (AvgIpc) is 2.59. The minimum atomic E-state index is -0.603. The van der Waals surface area contributed by atoms with E-state index in [1.54, 1.807) is 0 Å². The molecule has 0 spiro atoms. The minimum Gasteiger partial charge on any atom is -0.502 e. The molecule has 8 heteroatoms. The fourth-order valence-corrected chi connectivity index (χ4v) is 3.86. The Morgan fingerprint density at radius 1 is 1.48 bits per heavy atom. The van der Waals surface area contributed by atoms with Crippen LogP contribution in [0.3, 0.4) is 0 Å². The van der Waals surface area contributed by atoms with Crippen molar-refractivity contribution in [2.45, 2.75) is 23.3 Å². The van der Waals surface area contributed by atoms with Crippen molar-refractivity contribution >= 4 is 28.5 Å². The SMILES string of the molecule is N#Cc1ccc(F)cc1Cn1c(N2CCC[C@H](I)C2)ncc(O)c1=O. The van der Waals surface area contributed by atoms with Gasteiger partial charge in [0.25, 0.3) is 5.56 Å². The lowest BCUT2D eigenvalue weighted by Crippen LogP contribution is -2.40. The molecule has 1 fully saturated rings. The van der Waals surface area contributed by atoms with Gasteiger partial charge in [0.2, 0.25) is 11.7 Å². The molecule has 1 N–H and O–H groups in total. The van der Waals surface area contributed by atoms with Crippen LogP contribution in [0.25, 0.3) is 0 Å². The summed E-state index contributed by atoms with van der Waals surface area (Å²) in [5.41, 5.74) is 0.0584. The third-order valence-corrected chi connectivity index (χ3v) is 5.19. The van der Waals surface area contributed by atoms with Crippen LogP contribution in [0.15, 0.2) is 29.2 Å². The van der Waals surface area contributed by atoms with E-state index >= 15 is 0 Å². The van der Waals surface area contributed by atoms with Gasteiger partial charge in [-0.3, -0.25) is 9.36 Å². The first kappa shape index (κ1) is 17.7. The Morgan fingerprint density at radius 2 is 2.28 bits per heavy atom. The molecule has 0 saturated carbocycles. The highest BCUT2D eigenvalue weighted by atomic mass is 127. The van der Waals surface area contributed by atoms with Crippen LogP contribution in [-0.4, -0.2) is 31.7 Å². The second kappa shape index (κ2) is 7.39. The Labute approximate surface area is 157 Å². The van der Waals surface area contributed by atoms with E-state index in [2.05, 4.69) is 27.6 Å². The van der Waals surface area contributed by atoms with Crippen molar-refractivity contribution < 1.29 is 9.50 Å². The molecule has 1 aromatic carbocycles. The number of nitriles is 1. The van der Waals surface area contributed by atoms with Crippen LogP contribution in [0, 0.1) is 17.1 Å². The van der Waals surface area contributed by atoms with Crippen molar-refractivity contribution in [2.24, 2.45) is 0 Å². The van der Waals surface area contributed by atoms with Gasteiger partial charge >= 0.3 is 0 Å². The number of anilines is 1. The van der Waals surface area contributed by atoms with E-state index in [4.69, 9.17) is 0 Å². The highest BCUT2D eigenvalue weighted by Crippen LogP contribution is 2.23. The predicted octanol–water partition coefficient (Wildman–Crippen LogP) is 2.41. The Hall–Kier alpha value is -2.15. The number of aromatic hydroxyl groups is 1. The van der Waals surface area contributed by atoms with Gasteiger partial charge in [0.1, 0.15) is 5.82 Å². The van der Waals surface area contributed by atoms with E-state index in [0.29, 0.717) is 15.4 Å². The number of rotatable bonds is 3. The first-order valence-electron chi connectivity index (χ1n) is 7.86. The molecule has 3 rings (SSSR count). The summed E-state index contributed by atoms with van der Waals surface area (Å²) in [5, 5.41) is 19.0. The molecule has 0 aliphatic carbocycles. The molecule has 130 valence electrons. The van der Waals surface area contributed by atoms with Gasteiger partial charge in [0.15, 0.2) is 0 Å². The third-order valence-electron chi connectivity index (χ3n) is 4.17. The van der Waals surface area contributed by atoms with E-state index < -0.39 is 17.1 Å². The first-order chi connectivity index (χ1) is 12.0. The topological polar surface area (TPSA) is 82.2 Å². The number of alkyl halides is 1. The molecule has 25 heavy (non-hydrogen) atoms. The van der Waals surface area contributed by atoms with Gasteiger partial charge in [-0.1, -0.05) is 22.6 Å². The van der Waals surface area contributed by atoms with Gasteiger partial charge in [-0.15, -0.1) is 0 Å². The van der Waals surface area contributed by atoms with Crippen molar-refractivity contribution in [1.29, 1.82) is 5.26 Å². The van der Waals surface area contributed by atoms with Gasteiger partial charge in [0.05, 0.1) is 24.4 Å². The molecule has 2 aromatic rings. The van der Waals surface area contributed by atoms with Crippen molar-refractivity contribution in [3.63, 3.8) is 0 Å². The summed E-state index contributed by atoms with van der Waals surface area (Å²) in [7, 11) is 0. The number of piperidine rings is 1. The molecule has 2 heterocycles. The van der Waals surface area contributed by atoms with Gasteiger partial charge in [-0.25, -0.2) is 9.37 Å². The number of benzene rings is 1. The summed E-state index contributed by atoms with van der Waals surface area (Å²) in [6.45, 7) is 1.47. The van der Waals surface area contributed by atoms with Crippen LogP contribution in [-0.2, 0) is 6.54 Å². The smallest absolute Gasteiger partial charge is 0.297 e. The van der Waals surface area contributed by atoms with E-state index in [1.165, 1.54) is 22.8 Å². The Kier molecular flexibility index (Phi) is 5.22. The molecule has 0 radical (unpaired) electrons. The fourth-order valence-electron chi connectivity index (χ4n) is 2.95. The summed E-state index contributed by atoms with van der Waals surface area (Å²) in [5.74, 6) is -0.527. The van der Waals surface area contributed by atoms with Gasteiger partial charge in [0, 0.05) is 17.0 Å². The zero-order chi connectivity index (χ0) is 18.0. The summed E-state index contributed by atoms with van der Waals surface area (Å²) in [4.78, 5) is 18.7. The molecule has 1 aliphatic heterocycles. The van der Waals surface area contributed by atoms with Crippen LogP contribution in [0.1, 0.15) is 24.0 Å². The maximum absolute atomic E-state index is 13.6. The lowest BCUT2D eigenvalue weighted by Gasteiger charge is -2.32. The quantitative estimate of drug-likeness (QED) is 0.569. The van der Waals surface area contributed by atoms with Crippen LogP contribution < -0.4 is 10.5 Å². The van der Waals surface area contributed by atoms with Gasteiger partial charge < -0.3 is 10.0 Å². The van der Waals surface area contributed by atoms with E-state index in [9.17, 15) is 19.6 Å². The largest absolute Gasteiger partial charge is 0.502 e. The highest BCUT2D eigenvalue weighted by molar-refractivity contribution is 14.1. The number of hydrogen-bond acceptors (Lipinski definition) is 5. The maximum atomic E-state index is 13.6. The maximum Gasteiger partial charge on any atom is 0.297 e. The van der Waals surface area contributed by atoms with E-state index in [0.717, 1.165) is 32.1 Å². The number of aromatic nitrogens is 2. The average molecular weight is 454 g/mol. The van der Waals surface area contributed by atoms with E-state index in [1.807, 2.05) is 11.0 Å². The lowest BCUT2D eigenvalue weighted by molar-refractivity contribution is 0.452. The standard InChI is InChI=1S/C17H16FIN4O2/c18-13-4-3-11(7-20)12(6-13)9-23-16(25)15(24)8-21-17(23)22-5-1-2-14(19)10-22/h3-4,6,8,14,24H,1-2,5,9-10H2/t14-/m0/s1. The molecule has 0 bridgehead atoms. The van der Waals surface area contributed by atoms with E-state index in [-0.39, 0.29) is 12.1 Å². The zero-order valence-electron chi connectivity index (χ0n) is 13.3. The summed E-state index contributed by atoms with van der Waals surface area (Å²) in [6, 6.07) is 5.82. The summed E-state index contributed by atoms with van der Waals surface area (Å²) >= 11 is 2.37. The molecule has 1 atom stereocenters. The van der Waals surface area contributed by atoms with Crippen LogP contribution in [0.5, 0.6) is 5.75 Å². The summed E-state index contributed by atoms with van der Waals surface area (Å²) in [6.07, 6.45) is 3.22. The highest BCUT2D eigenvalue weighted by Gasteiger charge is 2.23. The lowest BCUT2D eigenvalue weighted by atomic mass is 10.1. The molecule has 6 nitrogen and oxygen atoms in total. The third kappa shape index (κ3) is 3.76. The molecule has 1 aliphatic rings. The minimum absolute atomic E-state index is 0.0291. The molecule has 0 amide bonds. The van der Waals surface area contributed by atoms with Crippen molar-refractivity contribution in [3.05, 3.63) is 51.7 Å². The second-order valence-electron chi connectivity index (χ2n) is 5.93. The Balaban J connectivity index is 2.06. The summed E-state index contributed by atoms with van der Waals surface area (Å²) < 4.78 is 15.3. The second-order valence-corrected chi connectivity index (χ2v) is 7.70. The number of nitrogens with zero attached hydrogens (tertiary/aromatic N) is 4. The molecular formula is C17H16FIN4O2. The van der Waals surface area contributed by atoms with Crippen LogP contribution in [0.4, 0.5) is 10.3 Å². The van der Waals surface area contributed by atoms with Crippen LogP contribution >= 0.6 is 22.6 Å².